The van der Waals surface area contributed by atoms with E-state index < -0.39 is 0 Å². The van der Waals surface area contributed by atoms with Crippen LogP contribution in [0.15, 0.2) is 54.7 Å². The summed E-state index contributed by atoms with van der Waals surface area (Å²) in [7, 11) is 0. The average molecular weight is 423 g/mol. The van der Waals surface area contributed by atoms with E-state index >= 15 is 0 Å². The molecule has 0 saturated carbocycles. The number of hydrogen-bond donors (Lipinski definition) is 0. The van der Waals surface area contributed by atoms with Crippen LogP contribution in [0.25, 0.3) is 10.8 Å². The van der Waals surface area contributed by atoms with E-state index in [0.29, 0.717) is 0 Å². The first-order valence-corrected chi connectivity index (χ1v) is 11.2. The van der Waals surface area contributed by atoms with Crippen molar-refractivity contribution in [2.75, 3.05) is 4.90 Å². The van der Waals surface area contributed by atoms with Gasteiger partial charge in [-0.2, -0.15) is 0 Å². The van der Waals surface area contributed by atoms with Crippen LogP contribution >= 0.6 is 0 Å². The van der Waals surface area contributed by atoms with Gasteiger partial charge in [-0.05, 0) is 73.1 Å². The molecule has 0 aliphatic carbocycles. The third-order valence-electron chi connectivity index (χ3n) is 6.45. The molecule has 3 heteroatoms. The van der Waals surface area contributed by atoms with Crippen LogP contribution in [0.2, 0.25) is 0 Å². The van der Waals surface area contributed by atoms with E-state index in [2.05, 4.69) is 102 Å². The maximum atomic E-state index is 6.53. The van der Waals surface area contributed by atoms with Crippen molar-refractivity contribution in [2.45, 2.75) is 53.9 Å². The summed E-state index contributed by atoms with van der Waals surface area (Å²) in [4.78, 5) is 7.23. The first kappa shape index (κ1) is 20.6. The molecule has 1 aliphatic rings. The highest BCUT2D eigenvalue weighted by atomic mass is 16.5. The predicted molar refractivity (Wildman–Crippen MR) is 134 cm³/mol. The first-order valence-electron chi connectivity index (χ1n) is 11.2. The van der Waals surface area contributed by atoms with Crippen molar-refractivity contribution < 1.29 is 4.74 Å². The second-order valence-corrected chi connectivity index (χ2v) is 10.1. The summed E-state index contributed by atoms with van der Waals surface area (Å²) < 4.78 is 6.53. The molecule has 0 atom stereocenters. The number of ether oxygens (including phenoxy) is 1. The largest absolute Gasteiger partial charge is 0.451 e. The van der Waals surface area contributed by atoms with Crippen LogP contribution in [0.3, 0.4) is 0 Å². The van der Waals surface area contributed by atoms with E-state index in [1.165, 1.54) is 33.5 Å². The number of rotatable bonds is 1. The standard InChI is InChI=1S/C29H30N2O/c1-17-11-12-24-25(13-17)32-27-22-10-8-9-18(2)23(22)16-30-28(27)31(24)26-19(3)14-21(15-20(26)4)29(5,6)7/h8-16H,1-7H3. The molecule has 3 aromatic carbocycles. The fourth-order valence-corrected chi connectivity index (χ4v) is 4.69. The topological polar surface area (TPSA) is 25.4 Å². The molecule has 0 fully saturated rings. The number of hydrogen-bond acceptors (Lipinski definition) is 3. The quantitative estimate of drug-likeness (QED) is 0.271. The maximum absolute atomic E-state index is 6.53. The third kappa shape index (κ3) is 3.15. The highest BCUT2D eigenvalue weighted by Gasteiger charge is 2.31. The van der Waals surface area contributed by atoms with Crippen molar-refractivity contribution in [3.05, 3.63) is 82.5 Å². The van der Waals surface area contributed by atoms with Gasteiger partial charge in [0.25, 0.3) is 0 Å². The number of aromatic nitrogens is 1. The smallest absolute Gasteiger partial charge is 0.182 e. The van der Waals surface area contributed by atoms with Crippen molar-refractivity contribution in [3.8, 4) is 11.5 Å². The van der Waals surface area contributed by atoms with Gasteiger partial charge >= 0.3 is 0 Å². The van der Waals surface area contributed by atoms with Crippen molar-refractivity contribution >= 4 is 28.0 Å². The van der Waals surface area contributed by atoms with Crippen LogP contribution in [-0.4, -0.2) is 4.98 Å². The lowest BCUT2D eigenvalue weighted by molar-refractivity contribution is 0.479. The molecule has 0 radical (unpaired) electrons. The van der Waals surface area contributed by atoms with Gasteiger partial charge in [0, 0.05) is 17.0 Å². The molecule has 1 aromatic heterocycles. The number of anilines is 3. The van der Waals surface area contributed by atoms with E-state index in [-0.39, 0.29) is 5.41 Å². The van der Waals surface area contributed by atoms with Gasteiger partial charge < -0.3 is 4.74 Å². The highest BCUT2D eigenvalue weighted by Crippen LogP contribution is 2.53. The van der Waals surface area contributed by atoms with E-state index in [4.69, 9.17) is 9.72 Å². The minimum absolute atomic E-state index is 0.0952. The molecule has 0 unspecified atom stereocenters. The molecule has 0 spiro atoms. The van der Waals surface area contributed by atoms with Gasteiger partial charge in [-0.15, -0.1) is 0 Å². The van der Waals surface area contributed by atoms with Crippen LogP contribution in [0.4, 0.5) is 17.2 Å². The highest BCUT2D eigenvalue weighted by molar-refractivity contribution is 5.99. The summed E-state index contributed by atoms with van der Waals surface area (Å²) in [5, 5.41) is 2.22. The van der Waals surface area contributed by atoms with Gasteiger partial charge in [0.1, 0.15) is 0 Å². The Morgan fingerprint density at radius 3 is 2.22 bits per heavy atom. The Kier molecular flexibility index (Phi) is 4.56. The summed E-state index contributed by atoms with van der Waals surface area (Å²) in [6.07, 6.45) is 1.98. The van der Waals surface area contributed by atoms with E-state index in [0.717, 1.165) is 33.8 Å². The first-order chi connectivity index (χ1) is 15.1. The second kappa shape index (κ2) is 7.09. The fraction of sp³-hybridized carbons (Fsp3) is 0.276. The van der Waals surface area contributed by atoms with Gasteiger partial charge in [0.2, 0.25) is 0 Å². The zero-order valence-electron chi connectivity index (χ0n) is 20.0. The molecule has 0 N–H and O–H groups in total. The Bertz CT molecular complexity index is 1360. The molecule has 0 saturated heterocycles. The van der Waals surface area contributed by atoms with Crippen molar-refractivity contribution in [2.24, 2.45) is 0 Å². The monoisotopic (exact) mass is 422 g/mol. The summed E-state index contributed by atoms with van der Waals surface area (Å²) in [5.74, 6) is 2.53. The number of aryl methyl sites for hydroxylation is 4. The Hall–Kier alpha value is -3.33. The molecule has 32 heavy (non-hydrogen) atoms. The van der Waals surface area contributed by atoms with Gasteiger partial charge in [0.15, 0.2) is 17.3 Å². The van der Waals surface area contributed by atoms with E-state index in [9.17, 15) is 0 Å². The zero-order valence-corrected chi connectivity index (χ0v) is 20.0. The summed E-state index contributed by atoms with van der Waals surface area (Å²) >= 11 is 0. The lowest BCUT2D eigenvalue weighted by Crippen LogP contribution is -2.20. The number of nitrogens with zero attached hydrogens (tertiary/aromatic N) is 2. The SMILES string of the molecule is Cc1ccc2c(c1)Oc1c(ncc3c(C)cccc13)N2c1c(C)cc(C(C)(C)C)cc1C. The minimum Gasteiger partial charge on any atom is -0.451 e. The van der Waals surface area contributed by atoms with E-state index in [1.54, 1.807) is 0 Å². The minimum atomic E-state index is 0.0952. The van der Waals surface area contributed by atoms with Crippen LogP contribution in [0.1, 0.15) is 48.6 Å². The van der Waals surface area contributed by atoms with Crippen LogP contribution in [-0.2, 0) is 5.41 Å². The second-order valence-electron chi connectivity index (χ2n) is 10.1. The Morgan fingerprint density at radius 1 is 0.812 bits per heavy atom. The molecule has 2 heterocycles. The predicted octanol–water partition coefficient (Wildman–Crippen LogP) is 8.34. The Balaban J connectivity index is 1.83. The third-order valence-corrected chi connectivity index (χ3v) is 6.45. The number of pyridine rings is 1. The van der Waals surface area contributed by atoms with E-state index in [1.807, 2.05) is 6.20 Å². The van der Waals surface area contributed by atoms with Crippen molar-refractivity contribution in [3.63, 3.8) is 0 Å². The number of fused-ring (bicyclic) bond motifs is 4. The molecule has 5 rings (SSSR count). The molecular weight excluding hydrogens is 392 g/mol. The molecule has 0 bridgehead atoms. The van der Waals surface area contributed by atoms with Gasteiger partial charge in [-0.1, -0.05) is 57.2 Å². The van der Waals surface area contributed by atoms with Crippen molar-refractivity contribution in [1.82, 2.24) is 4.98 Å². The normalized spacial score (nSPS) is 13.0. The van der Waals surface area contributed by atoms with Crippen LogP contribution in [0.5, 0.6) is 11.5 Å². The zero-order chi connectivity index (χ0) is 22.8. The van der Waals surface area contributed by atoms with Gasteiger partial charge in [0.05, 0.1) is 11.4 Å². The molecule has 1 aliphatic heterocycles. The summed E-state index contributed by atoms with van der Waals surface area (Å²) in [5.41, 5.74) is 8.48. The summed E-state index contributed by atoms with van der Waals surface area (Å²) in [6.45, 7) is 15.4. The van der Waals surface area contributed by atoms with Gasteiger partial charge in [-0.3, -0.25) is 4.90 Å². The van der Waals surface area contributed by atoms with Crippen molar-refractivity contribution in [1.29, 1.82) is 0 Å². The van der Waals surface area contributed by atoms with Crippen LogP contribution < -0.4 is 9.64 Å². The molecular formula is C29H30N2O. The van der Waals surface area contributed by atoms with Crippen LogP contribution in [0, 0.1) is 27.7 Å². The maximum Gasteiger partial charge on any atom is 0.182 e. The number of benzene rings is 3. The summed E-state index contributed by atoms with van der Waals surface area (Å²) in [6, 6.07) is 17.4. The average Bonchev–Trinajstić information content (AvgIpc) is 2.72. The van der Waals surface area contributed by atoms with Gasteiger partial charge in [-0.25, -0.2) is 4.98 Å². The lowest BCUT2D eigenvalue weighted by Gasteiger charge is -2.35. The lowest BCUT2D eigenvalue weighted by atomic mass is 9.84. The molecule has 0 amide bonds. The molecule has 162 valence electrons. The Labute approximate surface area is 190 Å². The fourth-order valence-electron chi connectivity index (χ4n) is 4.69. The molecule has 4 aromatic rings. The molecule has 3 nitrogen and oxygen atoms in total. The Morgan fingerprint density at radius 2 is 1.53 bits per heavy atom.